The molecule has 7 heteroatoms. The number of benzene rings is 1. The van der Waals surface area contributed by atoms with Gasteiger partial charge in [-0.05, 0) is 31.6 Å². The second-order valence-corrected chi connectivity index (χ2v) is 6.60. The number of nitrogens with zero attached hydrogens (tertiary/aromatic N) is 2. The quantitative estimate of drug-likeness (QED) is 0.505. The number of piperidine rings is 1. The maximum Gasteiger partial charge on any atom is 0.287 e. The van der Waals surface area contributed by atoms with E-state index in [0.717, 1.165) is 42.0 Å². The molecule has 0 saturated carbocycles. The Hall–Kier alpha value is -2.28. The molecule has 0 aliphatic carbocycles. The normalized spacial score (nSPS) is 14.6. The third-order valence-electron chi connectivity index (χ3n) is 4.18. The zero-order valence-electron chi connectivity index (χ0n) is 13.5. The molecule has 126 valence electrons. The highest BCUT2D eigenvalue weighted by molar-refractivity contribution is 7.98. The maximum absolute atomic E-state index is 11.2. The lowest BCUT2D eigenvalue weighted by Crippen LogP contribution is -2.35. The lowest BCUT2D eigenvalue weighted by atomic mass is 10.1. The summed E-state index contributed by atoms with van der Waals surface area (Å²) in [6.45, 7) is 1.89. The molecule has 1 saturated heterocycles. The molecule has 0 unspecified atom stereocenters. The van der Waals surface area contributed by atoms with Crippen molar-refractivity contribution in [3.8, 4) is 11.3 Å². The van der Waals surface area contributed by atoms with Gasteiger partial charge in [0.15, 0.2) is 0 Å². The van der Waals surface area contributed by atoms with Crippen molar-refractivity contribution < 1.29 is 9.32 Å². The summed E-state index contributed by atoms with van der Waals surface area (Å²) in [5, 5.41) is 12.4. The summed E-state index contributed by atoms with van der Waals surface area (Å²) in [5.41, 5.74) is 7.55. The van der Waals surface area contributed by atoms with Crippen LogP contribution in [0.15, 0.2) is 33.7 Å². The standard InChI is InChI=1S/C17H20N4O2S/c1-24-15-9-11(16(18)21-7-3-2-4-8-21)5-6-12(15)13-10-14(17(19)22)23-20-13/h5-6,9-10,18H,2-4,7-8H2,1H3,(H2,19,22). The van der Waals surface area contributed by atoms with Gasteiger partial charge in [0.2, 0.25) is 5.76 Å². The molecule has 1 aliphatic rings. The number of aromatic nitrogens is 1. The molecular formula is C17H20N4O2S. The van der Waals surface area contributed by atoms with Crippen LogP contribution in [0.3, 0.4) is 0 Å². The molecule has 3 rings (SSSR count). The molecule has 0 radical (unpaired) electrons. The molecule has 6 nitrogen and oxygen atoms in total. The van der Waals surface area contributed by atoms with Gasteiger partial charge in [0.25, 0.3) is 5.91 Å². The third kappa shape index (κ3) is 3.31. The Morgan fingerprint density at radius 2 is 2.04 bits per heavy atom. The first-order chi connectivity index (χ1) is 11.6. The number of likely N-dealkylation sites (tertiary alicyclic amines) is 1. The Bertz CT molecular complexity index is 766. The smallest absolute Gasteiger partial charge is 0.287 e. The molecule has 3 N–H and O–H groups in total. The van der Waals surface area contributed by atoms with Gasteiger partial charge in [-0.3, -0.25) is 10.2 Å². The van der Waals surface area contributed by atoms with Gasteiger partial charge in [0, 0.05) is 35.2 Å². The number of nitrogens with two attached hydrogens (primary N) is 1. The first-order valence-electron chi connectivity index (χ1n) is 7.89. The zero-order valence-corrected chi connectivity index (χ0v) is 14.4. The van der Waals surface area contributed by atoms with E-state index in [4.69, 9.17) is 15.7 Å². The minimum absolute atomic E-state index is 0.0437. The number of carbonyl (C=O) groups excluding carboxylic acids is 1. The first-order valence-corrected chi connectivity index (χ1v) is 9.11. The van der Waals surface area contributed by atoms with Crippen LogP contribution in [0.2, 0.25) is 0 Å². The Balaban J connectivity index is 1.89. The van der Waals surface area contributed by atoms with E-state index in [0.29, 0.717) is 11.5 Å². The third-order valence-corrected chi connectivity index (χ3v) is 4.95. The van der Waals surface area contributed by atoms with Gasteiger partial charge < -0.3 is 15.2 Å². The number of carbonyl (C=O) groups is 1. The second kappa shape index (κ2) is 7.09. The summed E-state index contributed by atoms with van der Waals surface area (Å²) >= 11 is 1.57. The average Bonchev–Trinajstić information content (AvgIpc) is 3.11. The van der Waals surface area contributed by atoms with Crippen molar-refractivity contribution in [2.75, 3.05) is 19.3 Å². The summed E-state index contributed by atoms with van der Waals surface area (Å²) in [6, 6.07) is 7.38. The SMILES string of the molecule is CSc1cc(C(=N)N2CCCCC2)ccc1-c1cc(C(N)=O)on1. The monoisotopic (exact) mass is 344 g/mol. The van der Waals surface area contributed by atoms with E-state index in [2.05, 4.69) is 10.1 Å². The fraction of sp³-hybridized carbons (Fsp3) is 0.353. The molecule has 1 aromatic carbocycles. The van der Waals surface area contributed by atoms with E-state index >= 15 is 0 Å². The Labute approximate surface area is 144 Å². The van der Waals surface area contributed by atoms with Crippen molar-refractivity contribution in [1.82, 2.24) is 10.1 Å². The van der Waals surface area contributed by atoms with Gasteiger partial charge in [-0.1, -0.05) is 17.3 Å². The van der Waals surface area contributed by atoms with Crippen molar-refractivity contribution in [2.45, 2.75) is 24.2 Å². The first kappa shape index (κ1) is 16.6. The van der Waals surface area contributed by atoms with Crippen LogP contribution >= 0.6 is 11.8 Å². The van der Waals surface area contributed by atoms with E-state index < -0.39 is 5.91 Å². The van der Waals surface area contributed by atoms with Crippen molar-refractivity contribution in [1.29, 1.82) is 5.41 Å². The van der Waals surface area contributed by atoms with Gasteiger partial charge >= 0.3 is 0 Å². The Morgan fingerprint density at radius 1 is 1.29 bits per heavy atom. The van der Waals surface area contributed by atoms with E-state index in [-0.39, 0.29) is 5.76 Å². The van der Waals surface area contributed by atoms with Crippen LogP contribution in [0.4, 0.5) is 0 Å². The van der Waals surface area contributed by atoms with Gasteiger partial charge in [-0.25, -0.2) is 0 Å². The summed E-state index contributed by atoms with van der Waals surface area (Å²) in [5.74, 6) is -0.0281. The van der Waals surface area contributed by atoms with E-state index in [1.54, 1.807) is 17.8 Å². The minimum atomic E-state index is -0.636. The predicted octanol–water partition coefficient (Wildman–Crippen LogP) is 2.97. The van der Waals surface area contributed by atoms with E-state index in [9.17, 15) is 4.79 Å². The van der Waals surface area contributed by atoms with Gasteiger partial charge in [-0.2, -0.15) is 0 Å². The van der Waals surface area contributed by atoms with E-state index in [1.807, 2.05) is 24.5 Å². The summed E-state index contributed by atoms with van der Waals surface area (Å²) in [6.07, 6.45) is 5.50. The van der Waals surface area contributed by atoms with Gasteiger partial charge in [-0.15, -0.1) is 11.8 Å². The summed E-state index contributed by atoms with van der Waals surface area (Å²) < 4.78 is 4.97. The maximum atomic E-state index is 11.2. The van der Waals surface area contributed by atoms with Crippen molar-refractivity contribution in [3.63, 3.8) is 0 Å². The highest BCUT2D eigenvalue weighted by Gasteiger charge is 2.18. The highest BCUT2D eigenvalue weighted by Crippen LogP contribution is 2.31. The van der Waals surface area contributed by atoms with Crippen molar-refractivity contribution in [3.05, 3.63) is 35.6 Å². The summed E-state index contributed by atoms with van der Waals surface area (Å²) in [4.78, 5) is 14.3. The van der Waals surface area contributed by atoms with Crippen molar-refractivity contribution >= 4 is 23.5 Å². The number of amides is 1. The Kier molecular flexibility index (Phi) is 4.89. The number of rotatable bonds is 4. The number of hydrogen-bond donors (Lipinski definition) is 2. The average molecular weight is 344 g/mol. The minimum Gasteiger partial charge on any atom is -0.363 e. The topological polar surface area (TPSA) is 96.2 Å². The lowest BCUT2D eigenvalue weighted by molar-refractivity contribution is 0.0965. The number of nitrogens with one attached hydrogen (secondary N) is 1. The van der Waals surface area contributed by atoms with Crippen LogP contribution in [-0.2, 0) is 0 Å². The lowest BCUT2D eigenvalue weighted by Gasteiger charge is -2.29. The number of primary amides is 1. The number of amidine groups is 1. The molecule has 2 aromatic rings. The van der Waals surface area contributed by atoms with Crippen molar-refractivity contribution in [2.24, 2.45) is 5.73 Å². The number of hydrogen-bond acceptors (Lipinski definition) is 5. The molecular weight excluding hydrogens is 324 g/mol. The fourth-order valence-corrected chi connectivity index (χ4v) is 3.51. The predicted molar refractivity (Wildman–Crippen MR) is 94.5 cm³/mol. The molecule has 24 heavy (non-hydrogen) atoms. The second-order valence-electron chi connectivity index (χ2n) is 5.75. The van der Waals surface area contributed by atoms with Crippen LogP contribution < -0.4 is 5.73 Å². The van der Waals surface area contributed by atoms with Gasteiger partial charge in [0.1, 0.15) is 11.5 Å². The van der Waals surface area contributed by atoms with Crippen LogP contribution in [0.1, 0.15) is 35.4 Å². The van der Waals surface area contributed by atoms with Gasteiger partial charge in [0.05, 0.1) is 0 Å². The molecule has 0 bridgehead atoms. The Morgan fingerprint density at radius 3 is 2.67 bits per heavy atom. The molecule has 1 amide bonds. The molecule has 1 fully saturated rings. The largest absolute Gasteiger partial charge is 0.363 e. The highest BCUT2D eigenvalue weighted by atomic mass is 32.2. The summed E-state index contributed by atoms with van der Waals surface area (Å²) in [7, 11) is 0. The van der Waals surface area contributed by atoms with Crippen LogP contribution in [0.25, 0.3) is 11.3 Å². The molecule has 0 atom stereocenters. The number of thioether (sulfide) groups is 1. The fourth-order valence-electron chi connectivity index (χ4n) is 2.87. The molecule has 1 aromatic heterocycles. The van der Waals surface area contributed by atoms with E-state index in [1.165, 1.54) is 6.42 Å². The molecule has 1 aliphatic heterocycles. The molecule has 2 heterocycles. The van der Waals surface area contributed by atoms with Crippen LogP contribution in [0, 0.1) is 5.41 Å². The zero-order chi connectivity index (χ0) is 17.1. The van der Waals surface area contributed by atoms with Crippen LogP contribution in [0.5, 0.6) is 0 Å². The van der Waals surface area contributed by atoms with Crippen LogP contribution in [-0.4, -0.2) is 41.1 Å². The molecule has 0 spiro atoms.